The fourth-order valence-electron chi connectivity index (χ4n) is 6.59. The third-order valence-electron chi connectivity index (χ3n) is 8.58. The molecule has 0 spiro atoms. The predicted molar refractivity (Wildman–Crippen MR) is 140 cm³/mol. The van der Waals surface area contributed by atoms with Gasteiger partial charge in [-0.1, -0.05) is 37.3 Å². The normalized spacial score (nSPS) is 23.1. The Morgan fingerprint density at radius 3 is 2.54 bits per heavy atom. The summed E-state index contributed by atoms with van der Waals surface area (Å²) in [5.41, 5.74) is 3.71. The number of nitrogens with zero attached hydrogens (tertiary/aromatic N) is 4. The molecule has 6 nitrogen and oxygen atoms in total. The summed E-state index contributed by atoms with van der Waals surface area (Å²) in [5.74, 6) is 4.39. The van der Waals surface area contributed by atoms with Crippen molar-refractivity contribution in [3.8, 4) is 34.3 Å². The summed E-state index contributed by atoms with van der Waals surface area (Å²) in [6, 6.07) is 17.4. The maximum absolute atomic E-state index is 14.1. The lowest BCUT2D eigenvalue weighted by Crippen LogP contribution is -2.39. The molecule has 0 amide bonds. The SMILES string of the molecule is CC1C2CCC(CC2)C1Cc1cc(-c2ccc(-c3ccccc3)o2)nc(-c2[nH]nc3ncc(F)cc23)n1. The van der Waals surface area contributed by atoms with Crippen LogP contribution in [-0.4, -0.2) is 25.1 Å². The van der Waals surface area contributed by atoms with Gasteiger partial charge in [0.1, 0.15) is 23.0 Å². The van der Waals surface area contributed by atoms with Crippen LogP contribution in [0.1, 0.15) is 38.3 Å². The average molecular weight is 494 g/mol. The fourth-order valence-corrected chi connectivity index (χ4v) is 6.59. The van der Waals surface area contributed by atoms with Crippen LogP contribution >= 0.6 is 0 Å². The number of furan rings is 1. The van der Waals surface area contributed by atoms with Gasteiger partial charge in [0.15, 0.2) is 17.2 Å². The molecule has 37 heavy (non-hydrogen) atoms. The maximum atomic E-state index is 14.1. The topological polar surface area (TPSA) is 80.5 Å². The molecule has 4 aromatic heterocycles. The minimum atomic E-state index is -0.419. The second-order valence-corrected chi connectivity index (χ2v) is 10.6. The van der Waals surface area contributed by atoms with Crippen molar-refractivity contribution in [2.75, 3.05) is 0 Å². The van der Waals surface area contributed by atoms with Gasteiger partial charge in [-0.05, 0) is 80.0 Å². The summed E-state index contributed by atoms with van der Waals surface area (Å²) in [7, 11) is 0. The van der Waals surface area contributed by atoms with Crippen molar-refractivity contribution < 1.29 is 8.81 Å². The molecule has 2 bridgehead atoms. The molecular formula is C30H28FN5O. The van der Waals surface area contributed by atoms with Crippen LogP contribution in [0.4, 0.5) is 4.39 Å². The Balaban J connectivity index is 1.32. The zero-order valence-corrected chi connectivity index (χ0v) is 20.7. The van der Waals surface area contributed by atoms with Crippen molar-refractivity contribution >= 4 is 11.0 Å². The molecular weight excluding hydrogens is 465 g/mol. The van der Waals surface area contributed by atoms with Gasteiger partial charge < -0.3 is 4.42 Å². The number of nitrogens with one attached hydrogen (secondary N) is 1. The van der Waals surface area contributed by atoms with Gasteiger partial charge in [-0.2, -0.15) is 5.10 Å². The van der Waals surface area contributed by atoms with Crippen LogP contribution in [0.15, 0.2) is 65.2 Å². The molecule has 5 aromatic rings. The highest BCUT2D eigenvalue weighted by molar-refractivity contribution is 5.88. The quantitative estimate of drug-likeness (QED) is 0.283. The zero-order valence-electron chi connectivity index (χ0n) is 20.7. The second-order valence-electron chi connectivity index (χ2n) is 10.6. The first-order chi connectivity index (χ1) is 18.1. The van der Waals surface area contributed by atoms with E-state index in [1.807, 2.05) is 42.5 Å². The van der Waals surface area contributed by atoms with E-state index in [1.54, 1.807) is 0 Å². The second kappa shape index (κ2) is 8.91. The molecule has 3 aliphatic carbocycles. The highest BCUT2D eigenvalue weighted by atomic mass is 19.1. The van der Waals surface area contributed by atoms with E-state index in [-0.39, 0.29) is 0 Å². The van der Waals surface area contributed by atoms with Crippen LogP contribution in [0.2, 0.25) is 0 Å². The van der Waals surface area contributed by atoms with Gasteiger partial charge in [0.2, 0.25) is 0 Å². The van der Waals surface area contributed by atoms with E-state index in [9.17, 15) is 4.39 Å². The average Bonchev–Trinajstić information content (AvgIpc) is 3.59. The molecule has 3 fully saturated rings. The van der Waals surface area contributed by atoms with Gasteiger partial charge in [0, 0.05) is 11.3 Å². The van der Waals surface area contributed by atoms with Crippen molar-refractivity contribution in [1.82, 2.24) is 25.1 Å². The molecule has 1 N–H and O–H groups in total. The number of aromatic amines is 1. The molecule has 8 rings (SSSR count). The van der Waals surface area contributed by atoms with Crippen LogP contribution in [-0.2, 0) is 6.42 Å². The van der Waals surface area contributed by atoms with Gasteiger partial charge in [0.05, 0.1) is 11.6 Å². The van der Waals surface area contributed by atoms with Gasteiger partial charge in [-0.3, -0.25) is 5.10 Å². The first-order valence-corrected chi connectivity index (χ1v) is 13.2. The molecule has 4 heterocycles. The van der Waals surface area contributed by atoms with Crippen molar-refractivity contribution in [2.24, 2.45) is 23.7 Å². The summed E-state index contributed by atoms with van der Waals surface area (Å²) in [6.07, 6.45) is 7.42. The number of fused-ring (bicyclic) bond motifs is 4. The minimum Gasteiger partial charge on any atom is -0.454 e. The van der Waals surface area contributed by atoms with E-state index in [0.29, 0.717) is 45.8 Å². The third-order valence-corrected chi connectivity index (χ3v) is 8.58. The molecule has 0 saturated heterocycles. The predicted octanol–water partition coefficient (Wildman–Crippen LogP) is 7.10. The largest absolute Gasteiger partial charge is 0.454 e. The van der Waals surface area contributed by atoms with Crippen LogP contribution in [0.5, 0.6) is 0 Å². The highest BCUT2D eigenvalue weighted by Crippen LogP contribution is 2.49. The number of hydrogen-bond donors (Lipinski definition) is 1. The zero-order chi connectivity index (χ0) is 24.9. The Bertz CT molecular complexity index is 1570. The molecule has 0 aliphatic heterocycles. The van der Waals surface area contributed by atoms with E-state index in [0.717, 1.165) is 35.3 Å². The third kappa shape index (κ3) is 4.02. The lowest BCUT2D eigenvalue weighted by molar-refractivity contribution is 0.0339. The Morgan fingerprint density at radius 1 is 0.946 bits per heavy atom. The lowest BCUT2D eigenvalue weighted by atomic mass is 9.58. The Labute approximate surface area is 214 Å². The van der Waals surface area contributed by atoms with Crippen LogP contribution in [0.25, 0.3) is 45.3 Å². The number of H-pyrrole nitrogens is 1. The Kier molecular flexibility index (Phi) is 5.38. The van der Waals surface area contributed by atoms with Crippen LogP contribution < -0.4 is 0 Å². The number of pyridine rings is 1. The maximum Gasteiger partial charge on any atom is 0.181 e. The standard InChI is InChI=1S/C30H28FN5O/c1-17-18-7-9-19(10-8-18)23(17)14-22-15-25(27-12-11-26(37-27)20-5-3-2-4-6-20)34-30(33-22)28-24-13-21(31)16-32-29(24)36-35-28/h2-6,11-13,15-19,23H,7-10,14H2,1H3,(H,32,35,36). The summed E-state index contributed by atoms with van der Waals surface area (Å²) in [4.78, 5) is 14.0. The van der Waals surface area contributed by atoms with Crippen molar-refractivity contribution in [1.29, 1.82) is 0 Å². The van der Waals surface area contributed by atoms with Crippen molar-refractivity contribution in [3.05, 3.63) is 72.3 Å². The number of aromatic nitrogens is 5. The number of benzene rings is 1. The van der Waals surface area contributed by atoms with Gasteiger partial charge in [-0.15, -0.1) is 0 Å². The van der Waals surface area contributed by atoms with Crippen LogP contribution in [0, 0.1) is 29.5 Å². The first-order valence-electron chi connectivity index (χ1n) is 13.2. The van der Waals surface area contributed by atoms with E-state index in [4.69, 9.17) is 14.4 Å². The Morgan fingerprint density at radius 2 is 1.73 bits per heavy atom. The minimum absolute atomic E-state index is 0.419. The van der Waals surface area contributed by atoms with Crippen LogP contribution in [0.3, 0.4) is 0 Å². The molecule has 2 unspecified atom stereocenters. The number of rotatable bonds is 5. The van der Waals surface area contributed by atoms with E-state index < -0.39 is 5.82 Å². The van der Waals surface area contributed by atoms with E-state index >= 15 is 0 Å². The van der Waals surface area contributed by atoms with Gasteiger partial charge in [-0.25, -0.2) is 19.3 Å². The molecule has 2 atom stereocenters. The molecule has 1 aromatic carbocycles. The summed E-state index contributed by atoms with van der Waals surface area (Å²) >= 11 is 0. The molecule has 7 heteroatoms. The molecule has 3 saturated carbocycles. The number of halogens is 1. The Hall–Kier alpha value is -3.87. The smallest absolute Gasteiger partial charge is 0.181 e. The summed E-state index contributed by atoms with van der Waals surface area (Å²) in [5, 5.41) is 7.83. The van der Waals surface area contributed by atoms with Gasteiger partial charge in [0.25, 0.3) is 0 Å². The van der Waals surface area contributed by atoms with Crippen molar-refractivity contribution in [3.63, 3.8) is 0 Å². The van der Waals surface area contributed by atoms with E-state index in [1.165, 1.54) is 37.9 Å². The van der Waals surface area contributed by atoms with E-state index in [2.05, 4.69) is 28.2 Å². The first kappa shape index (κ1) is 22.3. The molecule has 3 aliphatic rings. The number of hydrogen-bond acceptors (Lipinski definition) is 5. The summed E-state index contributed by atoms with van der Waals surface area (Å²) < 4.78 is 20.3. The molecule has 186 valence electrons. The molecule has 0 radical (unpaired) electrons. The van der Waals surface area contributed by atoms with Crippen molar-refractivity contribution in [2.45, 2.75) is 39.0 Å². The lowest BCUT2D eigenvalue weighted by Gasteiger charge is -2.47. The highest BCUT2D eigenvalue weighted by Gasteiger charge is 2.41. The van der Waals surface area contributed by atoms with Gasteiger partial charge >= 0.3 is 0 Å². The summed E-state index contributed by atoms with van der Waals surface area (Å²) in [6.45, 7) is 2.42. The monoisotopic (exact) mass is 493 g/mol. The fraction of sp³-hybridized carbons (Fsp3) is 0.333.